The Labute approximate surface area is 269 Å². The molecule has 0 N–H and O–H groups in total. The van der Waals surface area contributed by atoms with Crippen LogP contribution in [0.1, 0.15) is 71.5 Å². The molecular formula is C37H40N4O3S. The molecule has 3 heterocycles. The fraction of sp³-hybridized carbons (Fsp3) is 0.324. The predicted molar refractivity (Wildman–Crippen MR) is 180 cm³/mol. The molecule has 1 aromatic heterocycles. The summed E-state index contributed by atoms with van der Waals surface area (Å²) in [5, 5.41) is 4.81. The molecular weight excluding hydrogens is 580 g/mol. The van der Waals surface area contributed by atoms with Crippen molar-refractivity contribution in [3.8, 4) is 22.7 Å². The maximum Gasteiger partial charge on any atom is 0.274 e. The molecule has 0 radical (unpaired) electrons. The molecule has 0 saturated carbocycles. The highest BCUT2D eigenvalue weighted by molar-refractivity contribution is 7.98. The van der Waals surface area contributed by atoms with Gasteiger partial charge in [-0.15, -0.1) is 11.8 Å². The van der Waals surface area contributed by atoms with Crippen molar-refractivity contribution >= 4 is 23.6 Å². The first kappa shape index (κ1) is 30.7. The summed E-state index contributed by atoms with van der Waals surface area (Å²) in [6.45, 7) is 10.4. The van der Waals surface area contributed by atoms with Crippen LogP contribution < -0.4 is 4.74 Å². The monoisotopic (exact) mass is 620 g/mol. The summed E-state index contributed by atoms with van der Waals surface area (Å²) in [6.07, 6.45) is 6.49. The van der Waals surface area contributed by atoms with Gasteiger partial charge < -0.3 is 14.5 Å². The van der Waals surface area contributed by atoms with Gasteiger partial charge >= 0.3 is 0 Å². The van der Waals surface area contributed by atoms with Gasteiger partial charge in [0, 0.05) is 37.0 Å². The topological polar surface area (TPSA) is 67.7 Å². The standard InChI is InChI=1S/C37H40N4O3S/c1-5-7-18-39(19-8-6-2)37(43)32-23-35-41(38-32)33-17-16-28(26-14-11-15-30(20-26)45-4)21-31(33)36(42)40-24-29-13-10-9-12-27(29)22-34(40)25(3)44-35/h9-17,20-21,23,34H,3,5-8,18-19,22,24H2,1-2,4H3. The first-order chi connectivity index (χ1) is 21.9. The molecule has 0 fully saturated rings. The Kier molecular flexibility index (Phi) is 9.12. The summed E-state index contributed by atoms with van der Waals surface area (Å²) in [7, 11) is 0. The minimum atomic E-state index is -0.380. The summed E-state index contributed by atoms with van der Waals surface area (Å²) in [5.74, 6) is 0.573. The minimum Gasteiger partial charge on any atom is -0.442 e. The maximum absolute atomic E-state index is 14.6. The van der Waals surface area contributed by atoms with Crippen LogP contribution in [0.3, 0.4) is 0 Å². The number of amides is 2. The van der Waals surface area contributed by atoms with E-state index in [0.29, 0.717) is 54.6 Å². The summed E-state index contributed by atoms with van der Waals surface area (Å²) in [6, 6.07) is 23.7. The average molecular weight is 621 g/mol. The van der Waals surface area contributed by atoms with Crippen LogP contribution in [-0.2, 0) is 13.0 Å². The lowest BCUT2D eigenvalue weighted by molar-refractivity contribution is 0.0640. The fourth-order valence-electron chi connectivity index (χ4n) is 6.14. The molecule has 0 bridgehead atoms. The fourth-order valence-corrected chi connectivity index (χ4v) is 6.60. The van der Waals surface area contributed by atoms with Crippen molar-refractivity contribution in [2.24, 2.45) is 0 Å². The van der Waals surface area contributed by atoms with Crippen molar-refractivity contribution in [2.45, 2.75) is 63.4 Å². The van der Waals surface area contributed by atoms with E-state index in [4.69, 9.17) is 9.84 Å². The lowest BCUT2D eigenvalue weighted by Gasteiger charge is -2.37. The van der Waals surface area contributed by atoms with E-state index in [1.165, 1.54) is 5.56 Å². The van der Waals surface area contributed by atoms with Crippen molar-refractivity contribution in [3.63, 3.8) is 0 Å². The van der Waals surface area contributed by atoms with Crippen LogP contribution in [0.5, 0.6) is 5.88 Å². The van der Waals surface area contributed by atoms with Gasteiger partial charge in [-0.25, -0.2) is 0 Å². The second kappa shape index (κ2) is 13.4. The van der Waals surface area contributed by atoms with Crippen LogP contribution in [0.4, 0.5) is 0 Å². The molecule has 3 aromatic carbocycles. The average Bonchev–Trinajstić information content (AvgIpc) is 3.50. The maximum atomic E-state index is 14.6. The second-order valence-corrected chi connectivity index (χ2v) is 12.6. The number of carbonyl (C=O) groups is 2. The van der Waals surface area contributed by atoms with Gasteiger partial charge in [0.1, 0.15) is 5.76 Å². The SMILES string of the molecule is C=C1Oc2cc(C(=O)N(CCCC)CCCC)nn2-c2ccc(-c3cccc(SC)c3)cc2C(=O)N2Cc3ccccc3CC12. The van der Waals surface area contributed by atoms with Gasteiger partial charge in [-0.1, -0.05) is 75.7 Å². The van der Waals surface area contributed by atoms with Gasteiger partial charge in [0.25, 0.3) is 11.8 Å². The van der Waals surface area contributed by atoms with Crippen molar-refractivity contribution in [2.75, 3.05) is 19.3 Å². The Bertz CT molecular complexity index is 1740. The summed E-state index contributed by atoms with van der Waals surface area (Å²) in [4.78, 5) is 33.4. The minimum absolute atomic E-state index is 0.124. The van der Waals surface area contributed by atoms with E-state index in [9.17, 15) is 9.59 Å². The molecule has 0 saturated heterocycles. The molecule has 232 valence electrons. The number of ether oxygens (including phenoxy) is 1. The third-order valence-electron chi connectivity index (χ3n) is 8.72. The van der Waals surface area contributed by atoms with Gasteiger partial charge in [0.15, 0.2) is 5.69 Å². The van der Waals surface area contributed by atoms with E-state index in [-0.39, 0.29) is 17.9 Å². The summed E-state index contributed by atoms with van der Waals surface area (Å²) in [5.41, 5.74) is 5.61. The Morgan fingerprint density at radius 2 is 1.71 bits per heavy atom. The lowest BCUT2D eigenvalue weighted by atomic mass is 9.92. The van der Waals surface area contributed by atoms with Crippen molar-refractivity contribution in [3.05, 3.63) is 108 Å². The molecule has 0 spiro atoms. The molecule has 2 aliphatic rings. The number of aromatic nitrogens is 2. The second-order valence-electron chi connectivity index (χ2n) is 11.7. The zero-order valence-corrected chi connectivity index (χ0v) is 27.1. The number of hydrogen-bond acceptors (Lipinski definition) is 5. The third kappa shape index (κ3) is 6.16. The van der Waals surface area contributed by atoms with E-state index < -0.39 is 0 Å². The van der Waals surface area contributed by atoms with Gasteiger partial charge in [-0.05, 0) is 65.6 Å². The predicted octanol–water partition coefficient (Wildman–Crippen LogP) is 7.78. The van der Waals surface area contributed by atoms with Crippen molar-refractivity contribution in [1.29, 1.82) is 0 Å². The molecule has 1 atom stereocenters. The molecule has 2 aliphatic heterocycles. The molecule has 0 aliphatic carbocycles. The van der Waals surface area contributed by atoms with Crippen LogP contribution in [-0.4, -0.2) is 56.8 Å². The van der Waals surface area contributed by atoms with E-state index >= 15 is 0 Å². The van der Waals surface area contributed by atoms with Crippen molar-refractivity contribution in [1.82, 2.24) is 19.6 Å². The molecule has 1 unspecified atom stereocenters. The van der Waals surface area contributed by atoms with Crippen LogP contribution in [0, 0.1) is 0 Å². The molecule has 4 aromatic rings. The zero-order chi connectivity index (χ0) is 31.5. The Morgan fingerprint density at radius 1 is 0.978 bits per heavy atom. The third-order valence-corrected chi connectivity index (χ3v) is 9.45. The van der Waals surface area contributed by atoms with E-state index in [2.05, 4.69) is 57.0 Å². The highest BCUT2D eigenvalue weighted by Gasteiger charge is 2.37. The van der Waals surface area contributed by atoms with Crippen LogP contribution in [0.25, 0.3) is 16.8 Å². The zero-order valence-electron chi connectivity index (χ0n) is 26.3. The summed E-state index contributed by atoms with van der Waals surface area (Å²) < 4.78 is 8.07. The molecule has 8 heteroatoms. The highest BCUT2D eigenvalue weighted by Crippen LogP contribution is 2.36. The van der Waals surface area contributed by atoms with E-state index in [1.807, 2.05) is 46.2 Å². The quantitative estimate of drug-likeness (QED) is 0.179. The van der Waals surface area contributed by atoms with Crippen LogP contribution >= 0.6 is 11.8 Å². The normalized spacial score (nSPS) is 15.5. The molecule has 7 nitrogen and oxygen atoms in total. The van der Waals surface area contributed by atoms with E-state index in [1.54, 1.807) is 22.5 Å². The van der Waals surface area contributed by atoms with Crippen LogP contribution in [0.2, 0.25) is 0 Å². The van der Waals surface area contributed by atoms with Gasteiger partial charge in [-0.3, -0.25) is 9.59 Å². The van der Waals surface area contributed by atoms with Crippen LogP contribution in [0.15, 0.2) is 90.0 Å². The number of benzene rings is 3. The Morgan fingerprint density at radius 3 is 2.44 bits per heavy atom. The molecule has 6 rings (SSSR count). The van der Waals surface area contributed by atoms with Crippen molar-refractivity contribution < 1.29 is 14.3 Å². The number of unbranched alkanes of at least 4 members (excludes halogenated alkanes) is 2. The Balaban J connectivity index is 1.49. The number of fused-ring (bicyclic) bond motifs is 5. The van der Waals surface area contributed by atoms with E-state index in [0.717, 1.165) is 47.3 Å². The van der Waals surface area contributed by atoms with Gasteiger partial charge in [0.2, 0.25) is 5.88 Å². The van der Waals surface area contributed by atoms with Gasteiger partial charge in [0.05, 0.1) is 17.3 Å². The first-order valence-electron chi connectivity index (χ1n) is 15.8. The lowest BCUT2D eigenvalue weighted by Crippen LogP contribution is -2.46. The molecule has 45 heavy (non-hydrogen) atoms. The first-order valence-corrected chi connectivity index (χ1v) is 17.1. The number of carbonyl (C=O) groups excluding carboxylic acids is 2. The number of hydrogen-bond donors (Lipinski definition) is 0. The molecule has 2 amide bonds. The number of thioether (sulfide) groups is 1. The highest BCUT2D eigenvalue weighted by atomic mass is 32.2. The Hall–Kier alpha value is -4.30. The largest absolute Gasteiger partial charge is 0.442 e. The smallest absolute Gasteiger partial charge is 0.274 e. The number of nitrogens with zero attached hydrogens (tertiary/aromatic N) is 4. The summed E-state index contributed by atoms with van der Waals surface area (Å²) >= 11 is 1.68. The van der Waals surface area contributed by atoms with Gasteiger partial charge in [-0.2, -0.15) is 9.78 Å². The number of rotatable bonds is 9.